The van der Waals surface area contributed by atoms with Crippen molar-refractivity contribution in [1.82, 2.24) is 9.88 Å². The third-order valence-corrected chi connectivity index (χ3v) is 5.34. The topological polar surface area (TPSA) is 22.3 Å². The Morgan fingerprint density at radius 2 is 2.22 bits per heavy atom. The van der Waals surface area contributed by atoms with Crippen molar-refractivity contribution in [3.05, 3.63) is 53.9 Å². The highest BCUT2D eigenvalue weighted by Crippen LogP contribution is 2.29. The fraction of sp³-hybridized carbons (Fsp3) is 0.400. The van der Waals surface area contributed by atoms with E-state index in [0.717, 1.165) is 13.0 Å². The van der Waals surface area contributed by atoms with E-state index in [-0.39, 0.29) is 0 Å². The van der Waals surface area contributed by atoms with Crippen molar-refractivity contribution in [1.29, 1.82) is 0 Å². The summed E-state index contributed by atoms with van der Waals surface area (Å²) in [5.41, 5.74) is 5.32. The van der Waals surface area contributed by atoms with Crippen molar-refractivity contribution >= 4 is 16.6 Å². The van der Waals surface area contributed by atoms with E-state index in [1.807, 2.05) is 0 Å². The lowest BCUT2D eigenvalue weighted by molar-refractivity contribution is 0.310. The largest absolute Gasteiger partial charge is 0.361 e. The second-order valence-electron chi connectivity index (χ2n) is 6.94. The van der Waals surface area contributed by atoms with Crippen molar-refractivity contribution < 1.29 is 0 Å². The Hall–Kier alpha value is -2.00. The summed E-state index contributed by atoms with van der Waals surface area (Å²) in [6.07, 6.45) is 12.6. The third-order valence-electron chi connectivity index (χ3n) is 5.34. The first-order valence-electron chi connectivity index (χ1n) is 8.62. The molecule has 3 heteroatoms. The Kier molecular flexibility index (Phi) is 3.74. The van der Waals surface area contributed by atoms with Gasteiger partial charge < -0.3 is 14.8 Å². The Morgan fingerprint density at radius 3 is 2.96 bits per heavy atom. The monoisotopic (exact) mass is 307 g/mol. The highest BCUT2D eigenvalue weighted by atomic mass is 15.1. The van der Waals surface area contributed by atoms with Crippen LogP contribution in [0, 0.1) is 0 Å². The van der Waals surface area contributed by atoms with Crippen LogP contribution in [0.4, 0.5) is 5.69 Å². The van der Waals surface area contributed by atoms with Crippen LogP contribution in [0.5, 0.6) is 0 Å². The van der Waals surface area contributed by atoms with Crippen LogP contribution < -0.4 is 4.90 Å². The van der Waals surface area contributed by atoms with Gasteiger partial charge in [-0.05, 0) is 69.6 Å². The Bertz CT molecular complexity index is 768. The molecular weight excluding hydrogens is 282 g/mol. The number of H-pyrrole nitrogens is 1. The molecule has 0 radical (unpaired) electrons. The lowest BCUT2D eigenvalue weighted by Crippen LogP contribution is -2.26. The third kappa shape index (κ3) is 2.81. The van der Waals surface area contributed by atoms with Gasteiger partial charge in [0.05, 0.1) is 0 Å². The first-order valence-corrected chi connectivity index (χ1v) is 8.62. The lowest BCUT2D eigenvalue weighted by atomic mass is 10.0. The summed E-state index contributed by atoms with van der Waals surface area (Å²) in [7, 11) is 2.26. The number of nitrogens with one attached hydrogen (secondary N) is 1. The van der Waals surface area contributed by atoms with Gasteiger partial charge in [-0.1, -0.05) is 11.6 Å². The minimum atomic E-state index is 0.693. The number of benzene rings is 1. The Morgan fingerprint density at radius 1 is 1.30 bits per heavy atom. The molecule has 23 heavy (non-hydrogen) atoms. The molecule has 0 bridgehead atoms. The number of allylic oxidation sites excluding steroid dienone is 2. The highest BCUT2D eigenvalue weighted by Gasteiger charge is 2.22. The van der Waals surface area contributed by atoms with Gasteiger partial charge >= 0.3 is 0 Å². The number of aromatic nitrogens is 1. The molecule has 0 amide bonds. The standard InChI is InChI=1S/C20H25N3/c1-15-7-10-23(11-8-15)18-5-6-20-19(13-18)16(14-21-20)12-17-4-3-9-22(17)2/h5-8,10,13-14,17,21H,3-4,9,11-12H2,1-2H3/t17-/m1/s1. The van der Waals surface area contributed by atoms with Gasteiger partial charge in [-0.2, -0.15) is 0 Å². The molecule has 2 aromatic rings. The molecule has 1 aromatic carbocycles. The average molecular weight is 307 g/mol. The van der Waals surface area contributed by atoms with Gasteiger partial charge in [-0.15, -0.1) is 0 Å². The predicted octanol–water partition coefficient (Wildman–Crippen LogP) is 4.08. The van der Waals surface area contributed by atoms with Crippen LogP contribution in [0.15, 0.2) is 48.3 Å². The zero-order valence-electron chi connectivity index (χ0n) is 14.0. The number of hydrogen-bond acceptors (Lipinski definition) is 2. The minimum Gasteiger partial charge on any atom is -0.361 e. The SMILES string of the molecule is CC1=CCN(c2ccc3[nH]cc(C[C@H]4CCCN4C)c3c2)C=C1. The van der Waals surface area contributed by atoms with E-state index in [9.17, 15) is 0 Å². The predicted molar refractivity (Wildman–Crippen MR) is 97.9 cm³/mol. The summed E-state index contributed by atoms with van der Waals surface area (Å²) < 4.78 is 0. The van der Waals surface area contributed by atoms with Crippen LogP contribution in [0.1, 0.15) is 25.3 Å². The number of aromatic amines is 1. The second kappa shape index (κ2) is 5.89. The number of rotatable bonds is 3. The molecule has 2 aliphatic rings. The first-order chi connectivity index (χ1) is 11.2. The van der Waals surface area contributed by atoms with E-state index in [0.29, 0.717) is 6.04 Å². The fourth-order valence-corrected chi connectivity index (χ4v) is 3.78. The zero-order valence-corrected chi connectivity index (χ0v) is 14.0. The van der Waals surface area contributed by atoms with Crippen molar-refractivity contribution in [3.8, 4) is 0 Å². The Balaban J connectivity index is 1.62. The summed E-state index contributed by atoms with van der Waals surface area (Å²) in [6, 6.07) is 7.46. The van der Waals surface area contributed by atoms with E-state index >= 15 is 0 Å². The molecule has 2 aliphatic heterocycles. The molecule has 3 nitrogen and oxygen atoms in total. The summed E-state index contributed by atoms with van der Waals surface area (Å²) in [4.78, 5) is 8.26. The minimum absolute atomic E-state index is 0.693. The first kappa shape index (κ1) is 14.6. The smallest absolute Gasteiger partial charge is 0.0458 e. The van der Waals surface area contributed by atoms with E-state index < -0.39 is 0 Å². The summed E-state index contributed by atoms with van der Waals surface area (Å²) >= 11 is 0. The quantitative estimate of drug-likeness (QED) is 0.923. The maximum atomic E-state index is 3.45. The Labute approximate surface area is 138 Å². The lowest BCUT2D eigenvalue weighted by Gasteiger charge is -2.22. The van der Waals surface area contributed by atoms with Crippen molar-refractivity contribution in [3.63, 3.8) is 0 Å². The highest BCUT2D eigenvalue weighted by molar-refractivity contribution is 5.87. The van der Waals surface area contributed by atoms with Gasteiger partial charge in [0, 0.05) is 41.6 Å². The van der Waals surface area contributed by atoms with Crippen molar-refractivity contribution in [2.24, 2.45) is 0 Å². The van der Waals surface area contributed by atoms with Crippen LogP contribution in [0.2, 0.25) is 0 Å². The fourth-order valence-electron chi connectivity index (χ4n) is 3.78. The normalized spacial score (nSPS) is 22.1. The van der Waals surface area contributed by atoms with Crippen LogP contribution >= 0.6 is 0 Å². The number of nitrogens with zero attached hydrogens (tertiary/aromatic N) is 2. The second-order valence-corrected chi connectivity index (χ2v) is 6.94. The molecule has 120 valence electrons. The van der Waals surface area contributed by atoms with E-state index in [1.54, 1.807) is 0 Å². The van der Waals surface area contributed by atoms with Gasteiger partial charge in [0.2, 0.25) is 0 Å². The summed E-state index contributed by atoms with van der Waals surface area (Å²) in [5.74, 6) is 0. The average Bonchev–Trinajstić information content (AvgIpc) is 3.15. The summed E-state index contributed by atoms with van der Waals surface area (Å²) in [6.45, 7) is 4.35. The van der Waals surface area contributed by atoms with Crippen molar-refractivity contribution in [2.45, 2.75) is 32.2 Å². The number of hydrogen-bond donors (Lipinski definition) is 1. The maximum Gasteiger partial charge on any atom is 0.0458 e. The van der Waals surface area contributed by atoms with Crippen LogP contribution in [-0.2, 0) is 6.42 Å². The van der Waals surface area contributed by atoms with Gasteiger partial charge in [0.25, 0.3) is 0 Å². The van der Waals surface area contributed by atoms with Gasteiger partial charge in [-0.3, -0.25) is 0 Å². The van der Waals surface area contributed by atoms with Crippen LogP contribution in [0.25, 0.3) is 10.9 Å². The number of likely N-dealkylation sites (N-methyl/N-ethyl adjacent to an activating group) is 1. The molecule has 4 rings (SSSR count). The van der Waals surface area contributed by atoms with Gasteiger partial charge in [-0.25, -0.2) is 0 Å². The number of likely N-dealkylation sites (tertiary alicyclic amines) is 1. The number of fused-ring (bicyclic) bond motifs is 1. The molecule has 0 unspecified atom stereocenters. The molecule has 1 saturated heterocycles. The van der Waals surface area contributed by atoms with E-state index in [1.165, 1.54) is 47.1 Å². The summed E-state index contributed by atoms with van der Waals surface area (Å²) in [5, 5.41) is 1.38. The molecule has 1 N–H and O–H groups in total. The van der Waals surface area contributed by atoms with Crippen molar-refractivity contribution in [2.75, 3.05) is 25.0 Å². The molecular formula is C20H25N3. The molecule has 3 heterocycles. The van der Waals surface area contributed by atoms with Gasteiger partial charge in [0.1, 0.15) is 0 Å². The van der Waals surface area contributed by atoms with Gasteiger partial charge in [0.15, 0.2) is 0 Å². The molecule has 0 saturated carbocycles. The molecule has 1 fully saturated rings. The molecule has 1 aromatic heterocycles. The van der Waals surface area contributed by atoms with E-state index in [4.69, 9.17) is 0 Å². The molecule has 1 atom stereocenters. The molecule has 0 spiro atoms. The van der Waals surface area contributed by atoms with Crippen LogP contribution in [0.3, 0.4) is 0 Å². The van der Waals surface area contributed by atoms with Crippen LogP contribution in [-0.4, -0.2) is 36.1 Å². The maximum absolute atomic E-state index is 3.45. The van der Waals surface area contributed by atoms with E-state index in [2.05, 4.69) is 71.5 Å². The number of anilines is 1. The molecule has 0 aliphatic carbocycles. The zero-order chi connectivity index (χ0) is 15.8.